The van der Waals surface area contributed by atoms with Crippen LogP contribution in [0.5, 0.6) is 0 Å². The maximum Gasteiger partial charge on any atom is 0.410 e. The van der Waals surface area contributed by atoms with Crippen molar-refractivity contribution in [3.63, 3.8) is 0 Å². The van der Waals surface area contributed by atoms with Crippen molar-refractivity contribution >= 4 is 23.0 Å². The van der Waals surface area contributed by atoms with E-state index in [-0.39, 0.29) is 6.42 Å². The Hall–Kier alpha value is -3.01. The van der Waals surface area contributed by atoms with E-state index in [1.54, 1.807) is 11.0 Å². The molecule has 1 N–H and O–H groups in total. The zero-order valence-electron chi connectivity index (χ0n) is 16.0. The SMILES string of the molecule is COC(=O)CC1c2[nH]c3ccc(C#N)cc3c2CCN1C(=O)OC(C)(C)C. The molecule has 0 saturated heterocycles. The number of fused-ring (bicyclic) bond motifs is 3. The molecule has 7 nitrogen and oxygen atoms in total. The standard InChI is InChI=1S/C20H23N3O4/c1-20(2,3)27-19(25)23-8-7-13-14-9-12(11-21)5-6-15(14)22-18(13)16(23)10-17(24)26-4/h5-6,9,16,22H,7-8,10H2,1-4H3. The lowest BCUT2D eigenvalue weighted by atomic mass is 9.95. The smallest absolute Gasteiger partial charge is 0.410 e. The fourth-order valence-electron chi connectivity index (χ4n) is 3.43. The van der Waals surface area contributed by atoms with Crippen molar-refractivity contribution in [2.45, 2.75) is 45.3 Å². The first-order valence-electron chi connectivity index (χ1n) is 8.84. The predicted octanol–water partition coefficient (Wildman–Crippen LogP) is 3.44. The first-order chi connectivity index (χ1) is 12.7. The van der Waals surface area contributed by atoms with Crippen LogP contribution in [-0.4, -0.2) is 41.2 Å². The van der Waals surface area contributed by atoms with Gasteiger partial charge in [-0.3, -0.25) is 9.69 Å². The summed E-state index contributed by atoms with van der Waals surface area (Å²) in [6, 6.07) is 7.07. The summed E-state index contributed by atoms with van der Waals surface area (Å²) in [5.41, 5.74) is 2.64. The molecular formula is C20H23N3O4. The lowest BCUT2D eigenvalue weighted by Gasteiger charge is -2.36. The van der Waals surface area contributed by atoms with Crippen LogP contribution in [0.15, 0.2) is 18.2 Å². The number of methoxy groups -OCH3 is 1. The fourth-order valence-corrected chi connectivity index (χ4v) is 3.43. The second-order valence-corrected chi connectivity index (χ2v) is 7.61. The number of nitrogens with zero attached hydrogens (tertiary/aromatic N) is 2. The van der Waals surface area contributed by atoms with Crippen LogP contribution in [0.25, 0.3) is 10.9 Å². The Morgan fingerprint density at radius 3 is 2.74 bits per heavy atom. The van der Waals surface area contributed by atoms with Crippen LogP contribution < -0.4 is 0 Å². The molecule has 1 aromatic carbocycles. The van der Waals surface area contributed by atoms with Gasteiger partial charge in [-0.1, -0.05) is 0 Å². The number of hydrogen-bond acceptors (Lipinski definition) is 5. The molecule has 0 radical (unpaired) electrons. The van der Waals surface area contributed by atoms with Gasteiger partial charge in [-0.25, -0.2) is 4.79 Å². The van der Waals surface area contributed by atoms with Crippen LogP contribution in [0.3, 0.4) is 0 Å². The summed E-state index contributed by atoms with van der Waals surface area (Å²) >= 11 is 0. The average Bonchev–Trinajstić information content (AvgIpc) is 2.98. The van der Waals surface area contributed by atoms with Crippen molar-refractivity contribution in [2.24, 2.45) is 0 Å². The highest BCUT2D eigenvalue weighted by Gasteiger charge is 2.37. The highest BCUT2D eigenvalue weighted by molar-refractivity contribution is 5.87. The summed E-state index contributed by atoms with van der Waals surface area (Å²) in [5, 5.41) is 10.1. The van der Waals surface area contributed by atoms with Gasteiger partial charge < -0.3 is 14.5 Å². The summed E-state index contributed by atoms with van der Waals surface area (Å²) in [6.07, 6.45) is 0.181. The van der Waals surface area contributed by atoms with Crippen molar-refractivity contribution in [2.75, 3.05) is 13.7 Å². The molecule has 0 aliphatic carbocycles. The molecule has 1 aliphatic heterocycles. The van der Waals surface area contributed by atoms with E-state index in [0.717, 1.165) is 22.2 Å². The lowest BCUT2D eigenvalue weighted by Crippen LogP contribution is -2.43. The third-order valence-electron chi connectivity index (χ3n) is 4.60. The second-order valence-electron chi connectivity index (χ2n) is 7.61. The molecular weight excluding hydrogens is 346 g/mol. The number of carbonyl (C=O) groups is 2. The van der Waals surface area contributed by atoms with E-state index >= 15 is 0 Å². The average molecular weight is 369 g/mol. The Kier molecular flexibility index (Phi) is 4.83. The Bertz CT molecular complexity index is 933. The Morgan fingerprint density at radius 2 is 2.11 bits per heavy atom. The molecule has 1 aromatic heterocycles. The summed E-state index contributed by atoms with van der Waals surface area (Å²) in [5.74, 6) is -0.405. The monoisotopic (exact) mass is 369 g/mol. The minimum Gasteiger partial charge on any atom is -0.469 e. The zero-order chi connectivity index (χ0) is 19.8. The molecule has 142 valence electrons. The first kappa shape index (κ1) is 18.8. The largest absolute Gasteiger partial charge is 0.469 e. The van der Waals surface area contributed by atoms with Crippen LogP contribution in [0.2, 0.25) is 0 Å². The fraction of sp³-hybridized carbons (Fsp3) is 0.450. The van der Waals surface area contributed by atoms with E-state index in [2.05, 4.69) is 11.1 Å². The molecule has 2 aromatic rings. The predicted molar refractivity (Wildman–Crippen MR) is 99.0 cm³/mol. The quantitative estimate of drug-likeness (QED) is 0.818. The molecule has 0 saturated carbocycles. The van der Waals surface area contributed by atoms with Gasteiger partial charge >= 0.3 is 12.1 Å². The van der Waals surface area contributed by atoms with Crippen molar-refractivity contribution in [3.8, 4) is 6.07 Å². The highest BCUT2D eigenvalue weighted by atomic mass is 16.6. The van der Waals surface area contributed by atoms with Gasteiger partial charge in [0.15, 0.2) is 0 Å². The number of nitriles is 1. The normalized spacial score (nSPS) is 16.6. The number of aromatic amines is 1. The molecule has 0 fully saturated rings. The van der Waals surface area contributed by atoms with Crippen LogP contribution in [-0.2, 0) is 20.7 Å². The molecule has 27 heavy (non-hydrogen) atoms. The highest BCUT2D eigenvalue weighted by Crippen LogP contribution is 2.37. The van der Waals surface area contributed by atoms with Crippen molar-refractivity contribution in [3.05, 3.63) is 35.0 Å². The molecule has 7 heteroatoms. The minimum absolute atomic E-state index is 0.0284. The number of esters is 1. The lowest BCUT2D eigenvalue weighted by molar-refractivity contribution is -0.142. The number of benzene rings is 1. The molecule has 2 heterocycles. The van der Waals surface area contributed by atoms with Crippen molar-refractivity contribution in [1.29, 1.82) is 5.26 Å². The molecule has 0 bridgehead atoms. The van der Waals surface area contributed by atoms with Gasteiger partial charge in [0.2, 0.25) is 0 Å². The number of carbonyl (C=O) groups excluding carboxylic acids is 2. The number of rotatable bonds is 2. The minimum atomic E-state index is -0.630. The van der Waals surface area contributed by atoms with Gasteiger partial charge in [0.25, 0.3) is 0 Å². The zero-order valence-corrected chi connectivity index (χ0v) is 16.0. The summed E-state index contributed by atoms with van der Waals surface area (Å²) in [4.78, 5) is 29.6. The maximum absolute atomic E-state index is 12.7. The number of hydrogen-bond donors (Lipinski definition) is 1. The van der Waals surface area contributed by atoms with E-state index in [1.807, 2.05) is 32.9 Å². The summed E-state index contributed by atoms with van der Waals surface area (Å²) in [7, 11) is 1.33. The van der Waals surface area contributed by atoms with Gasteiger partial charge in [-0.2, -0.15) is 5.26 Å². The van der Waals surface area contributed by atoms with E-state index in [9.17, 15) is 14.9 Å². The maximum atomic E-state index is 12.7. The Labute approximate surface area is 157 Å². The van der Waals surface area contributed by atoms with Crippen LogP contribution in [0.4, 0.5) is 4.79 Å². The number of aromatic nitrogens is 1. The first-order valence-corrected chi connectivity index (χ1v) is 8.84. The van der Waals surface area contributed by atoms with Crippen LogP contribution >= 0.6 is 0 Å². The van der Waals surface area contributed by atoms with Crippen LogP contribution in [0.1, 0.15) is 50.1 Å². The van der Waals surface area contributed by atoms with E-state index in [1.165, 1.54) is 7.11 Å². The topological polar surface area (TPSA) is 95.4 Å². The molecule has 1 atom stereocenters. The molecule has 1 unspecified atom stereocenters. The number of nitrogens with one attached hydrogen (secondary N) is 1. The van der Waals surface area contributed by atoms with E-state index in [0.29, 0.717) is 18.5 Å². The van der Waals surface area contributed by atoms with Gasteiger partial charge in [-0.05, 0) is 51.0 Å². The van der Waals surface area contributed by atoms with Gasteiger partial charge in [-0.15, -0.1) is 0 Å². The van der Waals surface area contributed by atoms with Crippen molar-refractivity contribution < 1.29 is 19.1 Å². The van der Waals surface area contributed by atoms with Gasteiger partial charge in [0, 0.05) is 23.1 Å². The number of H-pyrrole nitrogens is 1. The third kappa shape index (κ3) is 3.75. The third-order valence-corrected chi connectivity index (χ3v) is 4.60. The molecule has 1 amide bonds. The van der Waals surface area contributed by atoms with Crippen LogP contribution in [0, 0.1) is 11.3 Å². The second kappa shape index (κ2) is 6.95. The van der Waals surface area contributed by atoms with E-state index in [4.69, 9.17) is 9.47 Å². The Morgan fingerprint density at radius 1 is 1.37 bits per heavy atom. The molecule has 3 rings (SSSR count). The molecule has 1 aliphatic rings. The van der Waals surface area contributed by atoms with Gasteiger partial charge in [0.05, 0.1) is 31.2 Å². The number of amides is 1. The van der Waals surface area contributed by atoms with Crippen molar-refractivity contribution in [1.82, 2.24) is 9.88 Å². The molecule has 0 spiro atoms. The summed E-state index contributed by atoms with van der Waals surface area (Å²) in [6.45, 7) is 5.85. The summed E-state index contributed by atoms with van der Waals surface area (Å²) < 4.78 is 10.4. The Balaban J connectivity index is 2.04. The van der Waals surface area contributed by atoms with E-state index < -0.39 is 23.7 Å². The van der Waals surface area contributed by atoms with Gasteiger partial charge in [0.1, 0.15) is 5.60 Å². The number of ether oxygens (including phenoxy) is 2.